The fraction of sp³-hybridized carbons (Fsp3) is 0.417. The first-order valence-corrected chi connectivity index (χ1v) is 7.88. The molecule has 0 atom stereocenters. The maximum absolute atomic E-state index is 10.9. The molecular weight excluding hydrogens is 284 g/mol. The van der Waals surface area contributed by atoms with Gasteiger partial charge in [-0.15, -0.1) is 0 Å². The summed E-state index contributed by atoms with van der Waals surface area (Å²) < 4.78 is 6.42. The highest BCUT2D eigenvalue weighted by Crippen LogP contribution is 2.31. The third-order valence-corrected chi connectivity index (χ3v) is 4.76. The summed E-state index contributed by atoms with van der Waals surface area (Å²) in [6.45, 7) is 3.12. The van der Waals surface area contributed by atoms with Crippen LogP contribution in [0.3, 0.4) is 0 Å². The van der Waals surface area contributed by atoms with Gasteiger partial charge in [-0.05, 0) is 18.6 Å². The highest BCUT2D eigenvalue weighted by atomic mass is 32.2. The van der Waals surface area contributed by atoms with Crippen LogP contribution >= 0.6 is 23.5 Å². The molecule has 1 aromatic carbocycles. The average molecular weight is 298 g/mol. The van der Waals surface area contributed by atoms with Gasteiger partial charge in [-0.25, -0.2) is 0 Å². The second-order valence-electron chi connectivity index (χ2n) is 3.78. The fourth-order valence-corrected chi connectivity index (χ4v) is 3.57. The average Bonchev–Trinajstić information content (AvgIpc) is 2.90. The Morgan fingerprint density at radius 1 is 1.58 bits per heavy atom. The Kier molecular flexibility index (Phi) is 5.09. The summed E-state index contributed by atoms with van der Waals surface area (Å²) in [6, 6.07) is 5.02. The Bertz CT molecular complexity index is 506. The molecule has 0 saturated heterocycles. The van der Waals surface area contributed by atoms with Crippen LogP contribution in [0.4, 0.5) is 5.69 Å². The van der Waals surface area contributed by atoms with Gasteiger partial charge in [0.1, 0.15) is 4.38 Å². The van der Waals surface area contributed by atoms with Gasteiger partial charge in [-0.1, -0.05) is 29.6 Å². The van der Waals surface area contributed by atoms with Crippen LogP contribution in [0.5, 0.6) is 5.75 Å². The van der Waals surface area contributed by atoms with Crippen molar-refractivity contribution in [3.63, 3.8) is 0 Å². The van der Waals surface area contributed by atoms with E-state index in [1.165, 1.54) is 6.07 Å². The van der Waals surface area contributed by atoms with E-state index in [0.29, 0.717) is 12.4 Å². The second kappa shape index (κ2) is 6.81. The molecule has 0 aliphatic carbocycles. The topological polar surface area (TPSA) is 64.7 Å². The minimum absolute atomic E-state index is 0.0168. The number of hydrogen-bond acceptors (Lipinski definition) is 6. The monoisotopic (exact) mass is 298 g/mol. The largest absolute Gasteiger partial charge is 0.487 e. The van der Waals surface area contributed by atoms with E-state index in [2.05, 4.69) is 4.99 Å². The molecule has 1 aromatic rings. The highest BCUT2D eigenvalue weighted by Gasteiger charge is 2.16. The molecule has 19 heavy (non-hydrogen) atoms. The molecule has 0 aromatic heterocycles. The van der Waals surface area contributed by atoms with Gasteiger partial charge in [0.15, 0.2) is 5.75 Å². The molecule has 5 nitrogen and oxygen atoms in total. The summed E-state index contributed by atoms with van der Waals surface area (Å²) in [7, 11) is 0. The summed E-state index contributed by atoms with van der Waals surface area (Å²) in [6.07, 6.45) is 0. The smallest absolute Gasteiger partial charge is 0.310 e. The maximum atomic E-state index is 10.9. The first-order chi connectivity index (χ1) is 9.20. The molecule has 0 N–H and O–H groups in total. The predicted molar refractivity (Wildman–Crippen MR) is 80.3 cm³/mol. The maximum Gasteiger partial charge on any atom is 0.310 e. The third-order valence-electron chi connectivity index (χ3n) is 2.44. The number of ether oxygens (including phenoxy) is 1. The molecule has 0 saturated carbocycles. The van der Waals surface area contributed by atoms with Gasteiger partial charge in [-0.2, -0.15) is 0 Å². The quantitative estimate of drug-likeness (QED) is 0.616. The van der Waals surface area contributed by atoms with Crippen LogP contribution in [0, 0.1) is 10.1 Å². The molecule has 2 rings (SSSR count). The van der Waals surface area contributed by atoms with E-state index in [4.69, 9.17) is 4.74 Å². The molecule has 0 spiro atoms. The zero-order valence-corrected chi connectivity index (χ0v) is 12.1. The molecule has 0 radical (unpaired) electrons. The number of hydrogen-bond donors (Lipinski definition) is 0. The number of benzene rings is 1. The Hall–Kier alpha value is -1.21. The zero-order chi connectivity index (χ0) is 13.7. The van der Waals surface area contributed by atoms with E-state index < -0.39 is 4.92 Å². The van der Waals surface area contributed by atoms with Crippen molar-refractivity contribution in [2.75, 3.05) is 18.9 Å². The van der Waals surface area contributed by atoms with Crippen molar-refractivity contribution in [1.29, 1.82) is 0 Å². The highest BCUT2D eigenvalue weighted by molar-refractivity contribution is 8.38. The van der Waals surface area contributed by atoms with Crippen molar-refractivity contribution < 1.29 is 9.66 Å². The normalized spacial score (nSPS) is 14.3. The molecule has 0 fully saturated rings. The van der Waals surface area contributed by atoms with Gasteiger partial charge in [0.2, 0.25) is 0 Å². The molecule has 7 heteroatoms. The summed E-state index contributed by atoms with van der Waals surface area (Å²) >= 11 is 3.42. The number of nitro benzene ring substituents is 1. The molecular formula is C12H14N2O3S2. The minimum Gasteiger partial charge on any atom is -0.487 e. The standard InChI is InChI=1S/C12H14N2O3S2/c1-2-17-11-7-9(3-4-10(11)14(15)16)8-19-12-13-5-6-18-12/h3-4,7H,2,5-6,8H2,1H3. The van der Waals surface area contributed by atoms with Gasteiger partial charge < -0.3 is 4.74 Å². The summed E-state index contributed by atoms with van der Waals surface area (Å²) in [5.41, 5.74) is 1.03. The molecule has 1 aliphatic rings. The molecule has 1 heterocycles. The van der Waals surface area contributed by atoms with E-state index in [9.17, 15) is 10.1 Å². The third kappa shape index (κ3) is 3.87. The van der Waals surface area contributed by atoms with Crippen LogP contribution in [-0.4, -0.2) is 28.2 Å². The lowest BCUT2D eigenvalue weighted by Gasteiger charge is -2.07. The summed E-state index contributed by atoms with van der Waals surface area (Å²) in [5.74, 6) is 2.14. The lowest BCUT2D eigenvalue weighted by Crippen LogP contribution is -1.98. The SMILES string of the molecule is CCOc1cc(CSC2=NCCS2)ccc1[N+](=O)[O-]. The zero-order valence-electron chi connectivity index (χ0n) is 10.5. The summed E-state index contributed by atoms with van der Waals surface area (Å²) in [4.78, 5) is 14.8. The van der Waals surface area contributed by atoms with Crippen LogP contribution in [0.1, 0.15) is 12.5 Å². The van der Waals surface area contributed by atoms with Crippen molar-refractivity contribution in [2.45, 2.75) is 12.7 Å². The van der Waals surface area contributed by atoms with E-state index in [1.807, 2.05) is 6.92 Å². The van der Waals surface area contributed by atoms with Gasteiger partial charge in [0.05, 0.1) is 18.1 Å². The molecule has 0 unspecified atom stereocenters. The summed E-state index contributed by atoms with van der Waals surface area (Å²) in [5, 5.41) is 10.9. The number of nitro groups is 1. The van der Waals surface area contributed by atoms with E-state index >= 15 is 0 Å². The Morgan fingerprint density at radius 2 is 2.42 bits per heavy atom. The lowest BCUT2D eigenvalue weighted by molar-refractivity contribution is -0.385. The number of thioether (sulfide) groups is 2. The van der Waals surface area contributed by atoms with E-state index in [-0.39, 0.29) is 5.69 Å². The van der Waals surface area contributed by atoms with Gasteiger partial charge in [-0.3, -0.25) is 15.1 Å². The second-order valence-corrected chi connectivity index (χ2v) is 6.08. The van der Waals surface area contributed by atoms with Crippen LogP contribution in [0.15, 0.2) is 23.2 Å². The number of rotatable bonds is 5. The van der Waals surface area contributed by atoms with Crippen LogP contribution in [-0.2, 0) is 5.75 Å². The van der Waals surface area contributed by atoms with E-state index in [0.717, 1.165) is 28.0 Å². The Morgan fingerprint density at radius 3 is 3.05 bits per heavy atom. The van der Waals surface area contributed by atoms with Crippen molar-refractivity contribution in [1.82, 2.24) is 0 Å². The predicted octanol–water partition coefficient (Wildman–Crippen LogP) is 3.33. The van der Waals surface area contributed by atoms with Crippen LogP contribution in [0.25, 0.3) is 0 Å². The van der Waals surface area contributed by atoms with Gasteiger partial charge >= 0.3 is 5.69 Å². The lowest BCUT2D eigenvalue weighted by atomic mass is 10.2. The van der Waals surface area contributed by atoms with Crippen molar-refractivity contribution in [3.8, 4) is 5.75 Å². The van der Waals surface area contributed by atoms with Gasteiger partial charge in [0, 0.05) is 17.6 Å². The van der Waals surface area contributed by atoms with Crippen molar-refractivity contribution >= 4 is 33.6 Å². The first-order valence-electron chi connectivity index (χ1n) is 5.91. The van der Waals surface area contributed by atoms with Crippen LogP contribution < -0.4 is 4.74 Å². The van der Waals surface area contributed by atoms with Gasteiger partial charge in [0.25, 0.3) is 0 Å². The van der Waals surface area contributed by atoms with E-state index in [1.54, 1.807) is 35.7 Å². The molecule has 1 aliphatic heterocycles. The number of aliphatic imine (C=N–C) groups is 1. The Balaban J connectivity index is 2.08. The first kappa shape index (κ1) is 14.2. The number of nitrogens with zero attached hydrogens (tertiary/aromatic N) is 2. The van der Waals surface area contributed by atoms with Crippen molar-refractivity contribution in [2.24, 2.45) is 4.99 Å². The van der Waals surface area contributed by atoms with Crippen LogP contribution in [0.2, 0.25) is 0 Å². The Labute approximate surface area is 120 Å². The molecule has 0 bridgehead atoms. The molecule has 102 valence electrons. The van der Waals surface area contributed by atoms with Crippen molar-refractivity contribution in [3.05, 3.63) is 33.9 Å². The fourth-order valence-electron chi connectivity index (χ4n) is 1.62. The minimum atomic E-state index is -0.418. The molecule has 0 amide bonds.